The van der Waals surface area contributed by atoms with Gasteiger partial charge < -0.3 is 9.13 Å². The van der Waals surface area contributed by atoms with Crippen molar-refractivity contribution in [1.82, 2.24) is 0 Å². The first-order chi connectivity index (χ1) is 21.9. The van der Waals surface area contributed by atoms with Crippen molar-refractivity contribution in [3.63, 3.8) is 0 Å². The smallest absolute Gasteiger partial charge is 0.180 e. The molecule has 0 saturated carbocycles. The van der Waals surface area contributed by atoms with Crippen molar-refractivity contribution in [3.05, 3.63) is 154 Å². The van der Waals surface area contributed by atoms with Crippen LogP contribution in [0, 0.1) is 13.8 Å². The molecule has 6 heteroatoms. The summed E-state index contributed by atoms with van der Waals surface area (Å²) in [5, 5.41) is 3.45. The Morgan fingerprint density at radius 1 is 0.467 bits per heavy atom. The van der Waals surface area contributed by atoms with Crippen molar-refractivity contribution in [2.24, 2.45) is 0 Å². The molecule has 0 saturated heterocycles. The molecule has 0 amide bonds. The van der Waals surface area contributed by atoms with Gasteiger partial charge in [-0.2, -0.15) is 0 Å². The molecule has 0 N–H and O–H groups in total. The monoisotopic (exact) mass is 660 g/mol. The van der Waals surface area contributed by atoms with Gasteiger partial charge in [-0.3, -0.25) is 0 Å². The molecule has 6 aromatic rings. The number of benzene rings is 4. The molecule has 2 aromatic heterocycles. The van der Waals surface area contributed by atoms with E-state index in [2.05, 4.69) is 26.0 Å². The molecule has 0 spiro atoms. The standard InChI is InChI=1S/C39H34O2P2S2/c1-28-36(26-38(44-28)42(40,30-16-7-3-8-17-30)31-18-9-4-10-19-31)34-24-15-25-35(34)37-27-39(45-29(37)2)43(41,32-20-11-5-12-21-32)33-22-13-6-14-23-33/h3-14,16-23,26-27H,15,24-25H2,1-2H3. The number of rotatable bonds is 8. The minimum absolute atomic E-state index is 0.862. The lowest BCUT2D eigenvalue weighted by Crippen LogP contribution is -2.23. The van der Waals surface area contributed by atoms with E-state index in [1.54, 1.807) is 22.7 Å². The summed E-state index contributed by atoms with van der Waals surface area (Å²) >= 11 is 3.33. The Labute approximate surface area is 273 Å². The fourth-order valence-electron chi connectivity index (χ4n) is 6.54. The van der Waals surface area contributed by atoms with Gasteiger partial charge in [-0.15, -0.1) is 22.7 Å². The number of aryl methyl sites for hydroxylation is 2. The van der Waals surface area contributed by atoms with Crippen LogP contribution in [0.3, 0.4) is 0 Å². The van der Waals surface area contributed by atoms with Crippen LogP contribution in [0.15, 0.2) is 133 Å². The maximum Gasteiger partial charge on any atom is 0.180 e. The molecule has 0 unspecified atom stereocenters. The summed E-state index contributed by atoms with van der Waals surface area (Å²) in [6.45, 7) is 4.33. The highest BCUT2D eigenvalue weighted by Gasteiger charge is 2.35. The van der Waals surface area contributed by atoms with Gasteiger partial charge in [-0.25, -0.2) is 0 Å². The first-order valence-electron chi connectivity index (χ1n) is 15.3. The van der Waals surface area contributed by atoms with Gasteiger partial charge in [-0.05, 0) is 67.5 Å². The highest BCUT2D eigenvalue weighted by Crippen LogP contribution is 2.50. The lowest BCUT2D eigenvalue weighted by Gasteiger charge is -2.18. The quantitative estimate of drug-likeness (QED) is 0.153. The van der Waals surface area contributed by atoms with Gasteiger partial charge in [0.15, 0.2) is 14.3 Å². The summed E-state index contributed by atoms with van der Waals surface area (Å²) in [4.78, 5) is 2.39. The van der Waals surface area contributed by atoms with Crippen molar-refractivity contribution >= 4 is 78.6 Å². The maximum atomic E-state index is 15.2. The van der Waals surface area contributed by atoms with E-state index in [-0.39, 0.29) is 0 Å². The highest BCUT2D eigenvalue weighted by molar-refractivity contribution is 7.89. The molecular formula is C39H34O2P2S2. The highest BCUT2D eigenvalue weighted by atomic mass is 32.1. The van der Waals surface area contributed by atoms with Gasteiger partial charge in [0.1, 0.15) is 0 Å². The number of allylic oxidation sites excluding steroid dienone is 2. The number of hydrogen-bond acceptors (Lipinski definition) is 4. The van der Waals surface area contributed by atoms with Crippen LogP contribution in [0.25, 0.3) is 11.1 Å². The van der Waals surface area contributed by atoms with Crippen LogP contribution < -0.4 is 30.5 Å². The van der Waals surface area contributed by atoms with E-state index in [9.17, 15) is 0 Å². The molecule has 2 heterocycles. The van der Waals surface area contributed by atoms with Gasteiger partial charge >= 0.3 is 0 Å². The molecule has 224 valence electrons. The van der Waals surface area contributed by atoms with Gasteiger partial charge in [0.25, 0.3) is 0 Å². The minimum atomic E-state index is -3.05. The molecule has 4 aromatic carbocycles. The van der Waals surface area contributed by atoms with E-state index in [0.717, 1.165) is 49.7 Å². The predicted octanol–water partition coefficient (Wildman–Crippen LogP) is 8.80. The summed E-state index contributed by atoms with van der Waals surface area (Å²) < 4.78 is 32.1. The van der Waals surface area contributed by atoms with E-state index in [1.165, 1.54) is 32.0 Å². The Kier molecular flexibility index (Phi) is 8.27. The Balaban J connectivity index is 1.36. The molecule has 2 nitrogen and oxygen atoms in total. The van der Waals surface area contributed by atoms with Crippen LogP contribution in [0.5, 0.6) is 0 Å². The first-order valence-corrected chi connectivity index (χ1v) is 20.3. The average molecular weight is 661 g/mol. The van der Waals surface area contributed by atoms with Crippen molar-refractivity contribution in [2.75, 3.05) is 0 Å². The van der Waals surface area contributed by atoms with Crippen LogP contribution >= 0.6 is 37.0 Å². The summed E-state index contributed by atoms with van der Waals surface area (Å²) in [5.41, 5.74) is 5.08. The van der Waals surface area contributed by atoms with Crippen molar-refractivity contribution < 1.29 is 9.13 Å². The third-order valence-corrected chi connectivity index (χ3v) is 18.2. The van der Waals surface area contributed by atoms with E-state index in [0.29, 0.717) is 0 Å². The number of hydrogen-bond donors (Lipinski definition) is 0. The molecule has 1 aliphatic carbocycles. The molecule has 0 bridgehead atoms. The lowest BCUT2D eigenvalue weighted by atomic mass is 9.98. The normalized spacial score (nSPS) is 13.8. The van der Waals surface area contributed by atoms with Crippen LogP contribution in [-0.2, 0) is 9.13 Å². The molecule has 0 atom stereocenters. The van der Waals surface area contributed by atoms with Gasteiger partial charge in [0, 0.05) is 31.0 Å². The average Bonchev–Trinajstić information content (AvgIpc) is 3.84. The molecule has 1 aliphatic rings. The summed E-state index contributed by atoms with van der Waals surface area (Å²) in [6.07, 6.45) is 3.03. The zero-order valence-electron chi connectivity index (χ0n) is 25.4. The summed E-state index contributed by atoms with van der Waals surface area (Å²) in [7, 11) is -6.10. The molecule has 0 fully saturated rings. The maximum absolute atomic E-state index is 15.2. The summed E-state index contributed by atoms with van der Waals surface area (Å²) in [6, 6.07) is 44.1. The van der Waals surface area contributed by atoms with E-state index in [1.807, 2.05) is 121 Å². The Hall–Kier alpha value is -3.52. The second-order valence-corrected chi connectivity index (χ2v) is 20.1. The minimum Gasteiger partial charge on any atom is -0.308 e. The third-order valence-electron chi connectivity index (χ3n) is 8.78. The van der Waals surface area contributed by atoms with Crippen LogP contribution in [0.2, 0.25) is 0 Å². The van der Waals surface area contributed by atoms with Crippen LogP contribution in [0.1, 0.15) is 40.1 Å². The molecule has 0 aliphatic heterocycles. The SMILES string of the molecule is Cc1sc(P(=O)(c2ccccc2)c2ccccc2)cc1C1=C(c2cc(P(=O)(c3ccccc3)c3ccccc3)sc2C)CCC1. The topological polar surface area (TPSA) is 34.1 Å². The molecular weight excluding hydrogens is 627 g/mol. The van der Waals surface area contributed by atoms with Gasteiger partial charge in [0.05, 0.1) is 9.24 Å². The van der Waals surface area contributed by atoms with E-state index < -0.39 is 14.3 Å². The third kappa shape index (κ3) is 5.29. The number of thiophene rings is 2. The lowest BCUT2D eigenvalue weighted by molar-refractivity contribution is 0.592. The second-order valence-electron chi connectivity index (χ2n) is 11.5. The Morgan fingerprint density at radius 3 is 1.04 bits per heavy atom. The van der Waals surface area contributed by atoms with Gasteiger partial charge in [0.2, 0.25) is 0 Å². The fourth-order valence-corrected chi connectivity index (χ4v) is 15.8. The van der Waals surface area contributed by atoms with E-state index in [4.69, 9.17) is 0 Å². The van der Waals surface area contributed by atoms with Crippen molar-refractivity contribution in [1.29, 1.82) is 0 Å². The van der Waals surface area contributed by atoms with Crippen LogP contribution in [0.4, 0.5) is 0 Å². The van der Waals surface area contributed by atoms with Crippen molar-refractivity contribution in [2.45, 2.75) is 33.1 Å². The zero-order valence-corrected chi connectivity index (χ0v) is 28.8. The Morgan fingerprint density at radius 2 is 0.756 bits per heavy atom. The zero-order chi connectivity index (χ0) is 31.0. The van der Waals surface area contributed by atoms with Crippen molar-refractivity contribution in [3.8, 4) is 0 Å². The summed E-state index contributed by atoms with van der Waals surface area (Å²) in [5.74, 6) is 0. The predicted molar refractivity (Wildman–Crippen MR) is 198 cm³/mol. The molecule has 7 rings (SSSR count). The second kappa shape index (κ2) is 12.3. The Bertz CT molecular complexity index is 1860. The first kappa shape index (κ1) is 30.2. The molecule has 45 heavy (non-hydrogen) atoms. The fraction of sp³-hybridized carbons (Fsp3) is 0.128. The largest absolute Gasteiger partial charge is 0.308 e. The van der Waals surface area contributed by atoms with Gasteiger partial charge in [-0.1, -0.05) is 121 Å². The molecule has 0 radical (unpaired) electrons. The van der Waals surface area contributed by atoms with E-state index >= 15 is 9.13 Å². The van der Waals surface area contributed by atoms with Crippen LogP contribution in [-0.4, -0.2) is 0 Å².